The van der Waals surface area contributed by atoms with Gasteiger partial charge in [-0.3, -0.25) is 0 Å². The summed E-state index contributed by atoms with van der Waals surface area (Å²) in [6, 6.07) is 18.5. The molecule has 1 heterocycles. The molecule has 0 aliphatic carbocycles. The minimum Gasteiger partial charge on any atom is -0.445 e. The van der Waals surface area contributed by atoms with E-state index in [4.69, 9.17) is 18.9 Å². The average molecular weight is 725 g/mol. The number of nitrogens with zero attached hydrogens (tertiary/aromatic N) is 3. The highest BCUT2D eigenvalue weighted by molar-refractivity contribution is 5.71. The van der Waals surface area contributed by atoms with Crippen LogP contribution in [0.3, 0.4) is 0 Å². The summed E-state index contributed by atoms with van der Waals surface area (Å²) >= 11 is 0. The van der Waals surface area contributed by atoms with Crippen LogP contribution < -0.4 is 5.32 Å². The van der Waals surface area contributed by atoms with Gasteiger partial charge in [0, 0.05) is 32.7 Å². The normalized spacial score (nSPS) is 16.2. The number of alkyl carbamates (subject to hydrolysis) is 1. The number of hydrogen-bond acceptors (Lipinski definition) is 8. The van der Waals surface area contributed by atoms with E-state index in [1.807, 2.05) is 60.7 Å². The molecule has 2 aromatic carbocycles. The van der Waals surface area contributed by atoms with Crippen LogP contribution in [-0.2, 0) is 32.2 Å². The van der Waals surface area contributed by atoms with Crippen molar-refractivity contribution in [3.8, 4) is 0 Å². The number of hydrogen-bond donors (Lipinski definition) is 1. The van der Waals surface area contributed by atoms with Crippen LogP contribution in [0.4, 0.5) is 19.2 Å². The minimum atomic E-state index is -0.693. The van der Waals surface area contributed by atoms with E-state index in [9.17, 15) is 19.2 Å². The van der Waals surface area contributed by atoms with Crippen molar-refractivity contribution < 1.29 is 38.1 Å². The molecule has 1 saturated heterocycles. The predicted octanol–water partition coefficient (Wildman–Crippen LogP) is 7.99. The Balaban J connectivity index is 1.72. The van der Waals surface area contributed by atoms with Gasteiger partial charge in [0.15, 0.2) is 0 Å². The Morgan fingerprint density at radius 1 is 0.731 bits per heavy atom. The zero-order valence-electron chi connectivity index (χ0n) is 32.4. The summed E-state index contributed by atoms with van der Waals surface area (Å²) in [6.07, 6.45) is 0.625. The van der Waals surface area contributed by atoms with Crippen molar-refractivity contribution in [3.63, 3.8) is 0 Å². The number of ether oxygens (including phenoxy) is 4. The van der Waals surface area contributed by atoms with Crippen LogP contribution in [-0.4, -0.2) is 95.1 Å². The summed E-state index contributed by atoms with van der Waals surface area (Å²) in [5, 5.41) is 2.71. The number of rotatable bonds is 14. The zero-order valence-corrected chi connectivity index (χ0v) is 32.4. The van der Waals surface area contributed by atoms with Gasteiger partial charge in [-0.15, -0.1) is 0 Å². The van der Waals surface area contributed by atoms with Crippen LogP contribution in [0.1, 0.15) is 92.2 Å². The van der Waals surface area contributed by atoms with Gasteiger partial charge in [-0.2, -0.15) is 0 Å². The molecule has 1 fully saturated rings. The third-order valence-corrected chi connectivity index (χ3v) is 8.24. The Labute approximate surface area is 310 Å². The maximum atomic E-state index is 13.7. The summed E-state index contributed by atoms with van der Waals surface area (Å²) < 4.78 is 22.6. The molecule has 0 aromatic heterocycles. The first kappa shape index (κ1) is 41.9. The Bertz CT molecular complexity index is 1410. The van der Waals surface area contributed by atoms with Crippen LogP contribution in [0.25, 0.3) is 0 Å². The Kier molecular flexibility index (Phi) is 16.1. The van der Waals surface area contributed by atoms with E-state index < -0.39 is 35.6 Å². The van der Waals surface area contributed by atoms with Gasteiger partial charge >= 0.3 is 24.4 Å². The zero-order chi connectivity index (χ0) is 38.3. The smallest absolute Gasteiger partial charge is 0.410 e. The fourth-order valence-corrected chi connectivity index (χ4v) is 5.90. The molecular weight excluding hydrogens is 664 g/mol. The first-order chi connectivity index (χ1) is 24.5. The molecule has 0 saturated carbocycles. The number of unbranched alkanes of at least 4 members (excludes halogenated alkanes) is 1. The second kappa shape index (κ2) is 19.9. The van der Waals surface area contributed by atoms with Crippen molar-refractivity contribution >= 4 is 24.4 Å². The molecule has 52 heavy (non-hydrogen) atoms. The molecule has 2 atom stereocenters. The molecule has 0 radical (unpaired) electrons. The molecule has 3 rings (SSSR count). The number of piperazine rings is 1. The highest BCUT2D eigenvalue weighted by atomic mass is 16.6. The monoisotopic (exact) mass is 724 g/mol. The van der Waals surface area contributed by atoms with Gasteiger partial charge < -0.3 is 39.0 Å². The fraction of sp³-hybridized carbons (Fsp3) is 0.600. The molecule has 1 aliphatic rings. The number of benzene rings is 2. The van der Waals surface area contributed by atoms with E-state index in [0.29, 0.717) is 45.3 Å². The minimum absolute atomic E-state index is 0.142. The average Bonchev–Trinajstić information content (AvgIpc) is 3.06. The van der Waals surface area contributed by atoms with E-state index in [0.717, 1.165) is 11.1 Å². The summed E-state index contributed by atoms with van der Waals surface area (Å²) in [7, 11) is 0. The lowest BCUT2D eigenvalue weighted by Crippen LogP contribution is -2.61. The van der Waals surface area contributed by atoms with Crippen molar-refractivity contribution in [2.45, 2.75) is 118 Å². The predicted molar refractivity (Wildman–Crippen MR) is 200 cm³/mol. The highest BCUT2D eigenvalue weighted by Crippen LogP contribution is 2.26. The maximum absolute atomic E-state index is 13.7. The number of carbonyl (C=O) groups is 4. The number of amides is 4. The molecule has 288 valence electrons. The number of nitrogens with one attached hydrogen (secondary N) is 1. The Morgan fingerprint density at radius 2 is 1.23 bits per heavy atom. The first-order valence-electron chi connectivity index (χ1n) is 18.4. The lowest BCUT2D eigenvalue weighted by atomic mass is 9.96. The largest absolute Gasteiger partial charge is 0.445 e. The van der Waals surface area contributed by atoms with Crippen LogP contribution in [0.15, 0.2) is 60.7 Å². The number of carbonyl (C=O) groups excluding carboxylic acids is 4. The van der Waals surface area contributed by atoms with Crippen molar-refractivity contribution in [2.75, 3.05) is 32.7 Å². The highest BCUT2D eigenvalue weighted by Gasteiger charge is 2.40. The quantitative estimate of drug-likeness (QED) is 0.154. The van der Waals surface area contributed by atoms with Crippen molar-refractivity contribution in [2.24, 2.45) is 5.92 Å². The Morgan fingerprint density at radius 3 is 1.73 bits per heavy atom. The van der Waals surface area contributed by atoms with Gasteiger partial charge in [-0.1, -0.05) is 74.5 Å². The van der Waals surface area contributed by atoms with E-state index in [2.05, 4.69) is 19.2 Å². The molecule has 0 spiro atoms. The van der Waals surface area contributed by atoms with Crippen molar-refractivity contribution in [3.05, 3.63) is 71.8 Å². The SMILES string of the molecule is CC(C)C[C@@H]1CN(C(=O)OCc2ccccc2)[C@@H](CCCCN(CCNC(=O)OC(C)(C)C)C(=O)OC(C)(C)C)CN1C(=O)OCc1ccccc1. The second-order valence-electron chi connectivity index (χ2n) is 15.7. The summed E-state index contributed by atoms with van der Waals surface area (Å²) in [5.41, 5.74) is 0.449. The topological polar surface area (TPSA) is 127 Å². The van der Waals surface area contributed by atoms with E-state index in [-0.39, 0.29) is 44.3 Å². The fourth-order valence-electron chi connectivity index (χ4n) is 5.90. The molecule has 12 heteroatoms. The molecule has 1 N–H and O–H groups in total. The van der Waals surface area contributed by atoms with Crippen molar-refractivity contribution in [1.29, 1.82) is 0 Å². The molecular formula is C40H60N4O8. The molecule has 12 nitrogen and oxygen atoms in total. The molecule has 4 amide bonds. The maximum Gasteiger partial charge on any atom is 0.410 e. The third-order valence-electron chi connectivity index (χ3n) is 8.24. The lowest BCUT2D eigenvalue weighted by molar-refractivity contribution is 0.000792. The van der Waals surface area contributed by atoms with Crippen molar-refractivity contribution in [1.82, 2.24) is 20.0 Å². The van der Waals surface area contributed by atoms with Crippen LogP contribution in [0, 0.1) is 5.92 Å². The van der Waals surface area contributed by atoms with E-state index >= 15 is 0 Å². The van der Waals surface area contributed by atoms with Gasteiger partial charge in [-0.25, -0.2) is 19.2 Å². The standard InChI is InChI=1S/C40H60N4O8/c1-30(2)25-34-27-43(37(47)49-28-31-17-11-9-12-18-31)33(26-44(34)38(48)50-29-32-19-13-10-14-20-32)21-15-16-23-42(36(46)52-40(6,7)8)24-22-41-35(45)51-39(3,4)5/h9-14,17-20,30,33-34H,15-16,21-29H2,1-8H3,(H,41,45)/t33-,34+/m0/s1. The molecule has 2 aromatic rings. The van der Waals surface area contributed by atoms with Crippen LogP contribution in [0.2, 0.25) is 0 Å². The third kappa shape index (κ3) is 15.4. The summed E-state index contributed by atoms with van der Waals surface area (Å²) in [5.74, 6) is 0.275. The van der Waals surface area contributed by atoms with Gasteiger partial charge in [0.05, 0.1) is 12.1 Å². The lowest BCUT2D eigenvalue weighted by Gasteiger charge is -2.46. The van der Waals surface area contributed by atoms with Crippen LogP contribution >= 0.6 is 0 Å². The Hall–Kier alpha value is -4.48. The van der Waals surface area contributed by atoms with Gasteiger partial charge in [-0.05, 0) is 84.3 Å². The summed E-state index contributed by atoms with van der Waals surface area (Å²) in [4.78, 5) is 57.7. The van der Waals surface area contributed by atoms with Crippen LogP contribution in [0.5, 0.6) is 0 Å². The molecule has 0 bridgehead atoms. The first-order valence-corrected chi connectivity index (χ1v) is 18.4. The van der Waals surface area contributed by atoms with E-state index in [1.165, 1.54) is 0 Å². The van der Waals surface area contributed by atoms with Gasteiger partial charge in [0.1, 0.15) is 24.4 Å². The van der Waals surface area contributed by atoms with Gasteiger partial charge in [0.25, 0.3) is 0 Å². The molecule has 0 unspecified atom stereocenters. The summed E-state index contributed by atoms with van der Waals surface area (Å²) in [6.45, 7) is 16.7. The second-order valence-corrected chi connectivity index (χ2v) is 15.7. The molecule has 1 aliphatic heterocycles. The van der Waals surface area contributed by atoms with E-state index in [1.54, 1.807) is 56.2 Å². The van der Waals surface area contributed by atoms with Gasteiger partial charge in [0.2, 0.25) is 0 Å².